The summed E-state index contributed by atoms with van der Waals surface area (Å²) >= 11 is 6.69. The fourth-order valence-corrected chi connectivity index (χ4v) is 3.74. The number of nitrogens with zero attached hydrogens (tertiary/aromatic N) is 3. The number of benzene rings is 2. The Kier molecular flexibility index (Phi) is 5.35. The second-order valence-corrected chi connectivity index (χ2v) is 8.30. The molecule has 3 amide bonds. The number of amides is 3. The molecule has 0 spiro atoms. The predicted octanol–water partition coefficient (Wildman–Crippen LogP) is 4.43. The van der Waals surface area contributed by atoms with E-state index in [0.717, 1.165) is 18.7 Å². The zero-order valence-electron chi connectivity index (χ0n) is 15.6. The lowest BCUT2D eigenvalue weighted by Crippen LogP contribution is -2.47. The summed E-state index contributed by atoms with van der Waals surface area (Å²) in [4.78, 5) is 33.0. The Balaban J connectivity index is 1.89. The number of imide groups is 1. The topological polar surface area (TPSA) is 83.0 Å². The van der Waals surface area contributed by atoms with Crippen molar-refractivity contribution >= 4 is 55.2 Å². The highest BCUT2D eigenvalue weighted by atomic mass is 79.9. The average Bonchev–Trinajstić information content (AvgIpc) is 2.96. The number of carbonyl (C=O) groups is 2. The molecule has 2 heterocycles. The number of hydrogen-bond acceptors (Lipinski definition) is 5. The third kappa shape index (κ3) is 3.28. The summed E-state index contributed by atoms with van der Waals surface area (Å²) in [5, 5.41) is 11.6. The quantitative estimate of drug-likeness (QED) is 0.502. The van der Waals surface area contributed by atoms with Gasteiger partial charge in [-0.1, -0.05) is 31.9 Å². The van der Waals surface area contributed by atoms with Gasteiger partial charge in [0.2, 0.25) is 0 Å². The van der Waals surface area contributed by atoms with Crippen LogP contribution < -0.4 is 14.5 Å². The van der Waals surface area contributed by atoms with E-state index >= 15 is 0 Å². The lowest BCUT2D eigenvalue weighted by atomic mass is 10.1. The van der Waals surface area contributed by atoms with Crippen LogP contribution in [0.2, 0.25) is 0 Å². The van der Waals surface area contributed by atoms with Crippen LogP contribution in [0.3, 0.4) is 0 Å². The number of ether oxygens (including phenoxy) is 1. The van der Waals surface area contributed by atoms with Crippen molar-refractivity contribution in [1.82, 2.24) is 4.98 Å². The summed E-state index contributed by atoms with van der Waals surface area (Å²) in [5.74, 6) is -0.366. The Morgan fingerprint density at radius 3 is 1.97 bits per heavy atom. The fraction of sp³-hybridized carbons (Fsp3) is 0.0952. The number of anilines is 2. The van der Waals surface area contributed by atoms with Crippen LogP contribution in [-0.4, -0.2) is 29.1 Å². The van der Waals surface area contributed by atoms with Gasteiger partial charge < -0.3 is 9.84 Å². The molecule has 1 aliphatic rings. The normalized spacial score (nSPS) is 18.8. The number of hydrogen-bond donors (Lipinski definition) is 1. The van der Waals surface area contributed by atoms with Crippen LogP contribution in [0.15, 0.2) is 75.8 Å². The number of halogens is 2. The van der Waals surface area contributed by atoms with Crippen LogP contribution >= 0.6 is 31.9 Å². The summed E-state index contributed by atoms with van der Waals surface area (Å²) in [5.41, 5.74) is -1.65. The molecule has 0 bridgehead atoms. The smallest absolute Gasteiger partial charge is 0.339 e. The molecule has 3 aromatic rings. The van der Waals surface area contributed by atoms with Gasteiger partial charge in [-0.05, 0) is 60.7 Å². The molecule has 7 nitrogen and oxygen atoms in total. The molecule has 30 heavy (non-hydrogen) atoms. The Bertz CT molecular complexity index is 1100. The number of pyridine rings is 1. The van der Waals surface area contributed by atoms with E-state index in [2.05, 4.69) is 36.8 Å². The lowest BCUT2D eigenvalue weighted by Gasteiger charge is -2.29. The minimum atomic E-state index is -2.33. The molecule has 152 valence electrons. The molecule has 9 heteroatoms. The lowest BCUT2D eigenvalue weighted by molar-refractivity contribution is -0.134. The summed E-state index contributed by atoms with van der Waals surface area (Å²) in [6.07, 6.45) is 1.38. The van der Waals surface area contributed by atoms with Crippen molar-refractivity contribution in [3.8, 4) is 5.75 Å². The molecule has 4 rings (SSSR count). The van der Waals surface area contributed by atoms with Gasteiger partial charge in [0.1, 0.15) is 11.4 Å². The first-order chi connectivity index (χ1) is 14.4. The van der Waals surface area contributed by atoms with Crippen LogP contribution in [0.4, 0.5) is 16.2 Å². The largest absolute Gasteiger partial charge is 0.495 e. The van der Waals surface area contributed by atoms with Crippen molar-refractivity contribution in [2.24, 2.45) is 0 Å². The van der Waals surface area contributed by atoms with E-state index < -0.39 is 17.7 Å². The van der Waals surface area contributed by atoms with Crippen LogP contribution in [0.25, 0.3) is 0 Å². The molecule has 1 N–H and O–H groups in total. The van der Waals surface area contributed by atoms with Gasteiger partial charge in [-0.3, -0.25) is 14.7 Å². The van der Waals surface area contributed by atoms with Crippen molar-refractivity contribution < 1.29 is 19.4 Å². The standard InChI is InChI=1S/C21H15Br2N3O4/c1-30-17-10-11-18(24-12-17)21(29)19(27)25(15-6-2-13(22)3-7-15)20(28)26(21)16-8-4-14(23)5-9-16/h2-12,29H,1H3. The highest BCUT2D eigenvalue weighted by molar-refractivity contribution is 9.10. The van der Waals surface area contributed by atoms with Gasteiger partial charge in [0.05, 0.1) is 19.0 Å². The van der Waals surface area contributed by atoms with Gasteiger partial charge in [-0.2, -0.15) is 0 Å². The van der Waals surface area contributed by atoms with E-state index in [4.69, 9.17) is 4.74 Å². The Hall–Kier alpha value is -2.75. The summed E-state index contributed by atoms with van der Waals surface area (Å²) < 4.78 is 6.69. The highest BCUT2D eigenvalue weighted by Crippen LogP contribution is 2.41. The molecular weight excluding hydrogens is 518 g/mol. The number of rotatable bonds is 4. The van der Waals surface area contributed by atoms with Gasteiger partial charge in [0, 0.05) is 14.6 Å². The van der Waals surface area contributed by atoms with Crippen molar-refractivity contribution in [2.75, 3.05) is 16.9 Å². The van der Waals surface area contributed by atoms with Crippen LogP contribution in [0.1, 0.15) is 5.69 Å². The van der Waals surface area contributed by atoms with Crippen LogP contribution in [0.5, 0.6) is 5.75 Å². The second-order valence-electron chi connectivity index (χ2n) is 6.47. The molecule has 1 fully saturated rings. The average molecular weight is 533 g/mol. The van der Waals surface area contributed by atoms with Gasteiger partial charge in [0.25, 0.3) is 11.6 Å². The predicted molar refractivity (Wildman–Crippen MR) is 118 cm³/mol. The Labute approximate surface area is 189 Å². The van der Waals surface area contributed by atoms with E-state index in [1.165, 1.54) is 19.4 Å². The van der Waals surface area contributed by atoms with Gasteiger partial charge >= 0.3 is 6.03 Å². The van der Waals surface area contributed by atoms with Crippen molar-refractivity contribution in [1.29, 1.82) is 0 Å². The summed E-state index contributed by atoms with van der Waals surface area (Å²) in [6, 6.07) is 15.7. The fourth-order valence-electron chi connectivity index (χ4n) is 3.21. The maximum absolute atomic E-state index is 13.4. The molecule has 1 aliphatic heterocycles. The van der Waals surface area contributed by atoms with Crippen LogP contribution in [-0.2, 0) is 10.5 Å². The SMILES string of the molecule is COc1ccc(C2(O)C(=O)N(c3ccc(Br)cc3)C(=O)N2c2ccc(Br)cc2)nc1. The Morgan fingerprint density at radius 2 is 1.47 bits per heavy atom. The second kappa shape index (κ2) is 7.82. The maximum Gasteiger partial charge on any atom is 0.339 e. The van der Waals surface area contributed by atoms with Gasteiger partial charge in [0.15, 0.2) is 0 Å². The van der Waals surface area contributed by atoms with Gasteiger partial charge in [-0.15, -0.1) is 0 Å². The molecule has 0 aliphatic carbocycles. The molecule has 1 atom stereocenters. The first-order valence-corrected chi connectivity index (χ1v) is 10.4. The van der Waals surface area contributed by atoms with E-state index in [1.54, 1.807) is 54.6 Å². The van der Waals surface area contributed by atoms with E-state index in [0.29, 0.717) is 17.1 Å². The number of urea groups is 1. The maximum atomic E-state index is 13.4. The number of methoxy groups -OCH3 is 1. The number of carbonyl (C=O) groups excluding carboxylic acids is 2. The molecule has 0 radical (unpaired) electrons. The molecule has 1 saturated heterocycles. The minimum absolute atomic E-state index is 0.00387. The van der Waals surface area contributed by atoms with Crippen LogP contribution in [0, 0.1) is 0 Å². The molecule has 0 saturated carbocycles. The van der Waals surface area contributed by atoms with Crippen molar-refractivity contribution in [3.05, 3.63) is 81.5 Å². The van der Waals surface area contributed by atoms with Gasteiger partial charge in [-0.25, -0.2) is 9.69 Å². The highest BCUT2D eigenvalue weighted by Gasteiger charge is 2.60. The zero-order valence-corrected chi connectivity index (χ0v) is 18.8. The monoisotopic (exact) mass is 531 g/mol. The number of aliphatic hydroxyl groups is 1. The van der Waals surface area contributed by atoms with E-state index in [9.17, 15) is 14.7 Å². The molecule has 1 aromatic heterocycles. The van der Waals surface area contributed by atoms with E-state index in [1.807, 2.05) is 0 Å². The van der Waals surface area contributed by atoms with Crippen molar-refractivity contribution in [3.63, 3.8) is 0 Å². The zero-order chi connectivity index (χ0) is 21.5. The summed E-state index contributed by atoms with van der Waals surface area (Å²) in [6.45, 7) is 0. The third-order valence-corrected chi connectivity index (χ3v) is 5.76. The molecule has 2 aromatic carbocycles. The minimum Gasteiger partial charge on any atom is -0.495 e. The van der Waals surface area contributed by atoms with Crippen molar-refractivity contribution in [2.45, 2.75) is 5.72 Å². The molecule has 1 unspecified atom stereocenters. The molecular formula is C21H15Br2N3O4. The van der Waals surface area contributed by atoms with E-state index in [-0.39, 0.29) is 5.69 Å². The number of aromatic nitrogens is 1. The summed E-state index contributed by atoms with van der Waals surface area (Å²) in [7, 11) is 1.49. The Morgan fingerprint density at radius 1 is 0.900 bits per heavy atom. The first-order valence-electron chi connectivity index (χ1n) is 8.79. The third-order valence-electron chi connectivity index (χ3n) is 4.71. The first kappa shape index (κ1) is 20.5.